The van der Waals surface area contributed by atoms with E-state index in [0.29, 0.717) is 5.41 Å². The van der Waals surface area contributed by atoms with Crippen molar-refractivity contribution in [3.8, 4) is 0 Å². The van der Waals surface area contributed by atoms with Crippen molar-refractivity contribution in [1.82, 2.24) is 0 Å². The lowest BCUT2D eigenvalue weighted by Gasteiger charge is -2.56. The molecule has 0 saturated heterocycles. The zero-order valence-electron chi connectivity index (χ0n) is 19.5. The Kier molecular flexibility index (Phi) is 8.12. The van der Waals surface area contributed by atoms with Gasteiger partial charge in [-0.2, -0.15) is 0 Å². The van der Waals surface area contributed by atoms with Gasteiger partial charge in [0.1, 0.15) is 0 Å². The van der Waals surface area contributed by atoms with Crippen molar-refractivity contribution in [3.05, 3.63) is 0 Å². The first-order valence-corrected chi connectivity index (χ1v) is 12.2. The summed E-state index contributed by atoms with van der Waals surface area (Å²) in [4.78, 5) is 0. The lowest BCUT2D eigenvalue weighted by atomic mass is 9.49. The average molecular weight is 363 g/mol. The van der Waals surface area contributed by atoms with E-state index >= 15 is 0 Å². The van der Waals surface area contributed by atoms with E-state index < -0.39 is 0 Å². The topological polar surface area (TPSA) is 0 Å². The molecule has 0 bridgehead atoms. The van der Waals surface area contributed by atoms with Crippen LogP contribution >= 0.6 is 0 Å². The van der Waals surface area contributed by atoms with Gasteiger partial charge in [0, 0.05) is 0 Å². The second kappa shape index (κ2) is 9.47. The van der Waals surface area contributed by atoms with Crippen LogP contribution in [0.5, 0.6) is 0 Å². The van der Waals surface area contributed by atoms with Crippen molar-refractivity contribution in [1.29, 1.82) is 0 Å². The van der Waals surface area contributed by atoms with E-state index in [2.05, 4.69) is 55.4 Å². The quantitative estimate of drug-likeness (QED) is 0.425. The Hall–Kier alpha value is 0. The monoisotopic (exact) mass is 362 g/mol. The number of unbranched alkanes of at least 4 members (excludes halogenated alkanes) is 1. The van der Waals surface area contributed by atoms with Gasteiger partial charge in [0.25, 0.3) is 0 Å². The smallest absolute Gasteiger partial charge is 0.0264 e. The van der Waals surface area contributed by atoms with Gasteiger partial charge in [-0.1, -0.05) is 81.1 Å². The zero-order chi connectivity index (χ0) is 19.5. The lowest BCUT2D eigenvalue weighted by molar-refractivity contribution is -0.0678. The molecule has 0 aromatic carbocycles. The first-order valence-electron chi connectivity index (χ1n) is 12.2. The molecule has 2 aliphatic carbocycles. The number of hydrogen-bond donors (Lipinski definition) is 0. The first-order chi connectivity index (χ1) is 12.2. The fourth-order valence-electron chi connectivity index (χ4n) is 7.12. The Balaban J connectivity index is 2.40. The molecule has 2 fully saturated rings. The van der Waals surface area contributed by atoms with E-state index in [1.807, 2.05) is 0 Å². The van der Waals surface area contributed by atoms with Gasteiger partial charge in [-0.25, -0.2) is 0 Å². The maximum absolute atomic E-state index is 2.76. The van der Waals surface area contributed by atoms with E-state index in [1.54, 1.807) is 0 Å². The fourth-order valence-corrected chi connectivity index (χ4v) is 7.12. The summed E-state index contributed by atoms with van der Waals surface area (Å²) in [5.74, 6) is 7.41. The Bertz CT molecular complexity index is 374. The van der Waals surface area contributed by atoms with Crippen LogP contribution in [0.3, 0.4) is 0 Å². The summed E-state index contributed by atoms with van der Waals surface area (Å²) < 4.78 is 0. The second-order valence-electron chi connectivity index (χ2n) is 11.5. The highest BCUT2D eigenvalue weighted by Gasteiger charge is 2.50. The SMILES string of the molecule is CCCCC(C)(C1CC(C)CCC1C(C)C)C1CC(C)CCC1C(C)C. The standard InChI is InChI=1S/C26H50/c1-9-10-15-26(8,24-16-20(6)11-13-22(24)18(2)3)25-17-21(7)12-14-23(25)19(4)5/h18-25H,9-17H2,1-8H3. The van der Waals surface area contributed by atoms with Gasteiger partial charge in [0.2, 0.25) is 0 Å². The van der Waals surface area contributed by atoms with E-state index in [-0.39, 0.29) is 0 Å². The molecular weight excluding hydrogens is 312 g/mol. The van der Waals surface area contributed by atoms with E-state index in [9.17, 15) is 0 Å². The van der Waals surface area contributed by atoms with Gasteiger partial charge in [0.15, 0.2) is 0 Å². The molecule has 0 aromatic rings. The molecule has 2 aliphatic rings. The summed E-state index contributed by atoms with van der Waals surface area (Å²) in [6, 6.07) is 0. The van der Waals surface area contributed by atoms with Crippen LogP contribution < -0.4 is 0 Å². The van der Waals surface area contributed by atoms with Gasteiger partial charge < -0.3 is 0 Å². The van der Waals surface area contributed by atoms with Crippen molar-refractivity contribution < 1.29 is 0 Å². The summed E-state index contributed by atoms with van der Waals surface area (Å²) in [6.07, 6.45) is 13.2. The Morgan fingerprint density at radius 2 is 1.19 bits per heavy atom. The van der Waals surface area contributed by atoms with Crippen molar-refractivity contribution >= 4 is 0 Å². The van der Waals surface area contributed by atoms with Crippen molar-refractivity contribution in [2.45, 2.75) is 113 Å². The summed E-state index contributed by atoms with van der Waals surface area (Å²) in [5, 5.41) is 0. The van der Waals surface area contributed by atoms with Gasteiger partial charge in [0.05, 0.1) is 0 Å². The summed E-state index contributed by atoms with van der Waals surface area (Å²) in [6.45, 7) is 20.3. The van der Waals surface area contributed by atoms with Crippen LogP contribution in [0.4, 0.5) is 0 Å². The minimum atomic E-state index is 0.559. The van der Waals surface area contributed by atoms with E-state index in [4.69, 9.17) is 0 Å². The highest BCUT2D eigenvalue weighted by atomic mass is 14.5. The molecule has 0 amide bonds. The Labute approximate surface area is 166 Å². The highest BCUT2D eigenvalue weighted by molar-refractivity contribution is 4.99. The van der Waals surface area contributed by atoms with Crippen molar-refractivity contribution in [3.63, 3.8) is 0 Å². The van der Waals surface area contributed by atoms with Gasteiger partial charge in [-0.3, -0.25) is 0 Å². The predicted octanol–water partition coefficient (Wildman–Crippen LogP) is 8.60. The molecule has 0 nitrogen and oxygen atoms in total. The molecule has 0 heterocycles. The van der Waals surface area contributed by atoms with Crippen LogP contribution in [0, 0.1) is 52.8 Å². The van der Waals surface area contributed by atoms with Gasteiger partial charge >= 0.3 is 0 Å². The molecular formula is C26H50. The van der Waals surface area contributed by atoms with Crippen LogP contribution in [0.25, 0.3) is 0 Å². The maximum atomic E-state index is 2.76. The van der Waals surface area contributed by atoms with Crippen LogP contribution in [0.15, 0.2) is 0 Å². The third-order valence-corrected chi connectivity index (χ3v) is 8.81. The highest BCUT2D eigenvalue weighted by Crippen LogP contribution is 2.58. The van der Waals surface area contributed by atoms with Crippen LogP contribution in [-0.2, 0) is 0 Å². The molecule has 2 rings (SSSR count). The normalized spacial score (nSPS) is 38.5. The third-order valence-electron chi connectivity index (χ3n) is 8.81. The lowest BCUT2D eigenvalue weighted by Crippen LogP contribution is -2.48. The number of hydrogen-bond acceptors (Lipinski definition) is 0. The molecule has 0 spiro atoms. The van der Waals surface area contributed by atoms with Gasteiger partial charge in [-0.05, 0) is 84.9 Å². The molecule has 0 aliphatic heterocycles. The minimum absolute atomic E-state index is 0.559. The maximum Gasteiger partial charge on any atom is -0.0264 e. The molecule has 0 aromatic heterocycles. The van der Waals surface area contributed by atoms with E-state index in [0.717, 1.165) is 47.3 Å². The van der Waals surface area contributed by atoms with Gasteiger partial charge in [-0.15, -0.1) is 0 Å². The zero-order valence-corrected chi connectivity index (χ0v) is 19.5. The largest absolute Gasteiger partial charge is 0.0654 e. The van der Waals surface area contributed by atoms with Crippen LogP contribution in [-0.4, -0.2) is 0 Å². The van der Waals surface area contributed by atoms with Crippen LogP contribution in [0.1, 0.15) is 113 Å². The van der Waals surface area contributed by atoms with Crippen molar-refractivity contribution in [2.75, 3.05) is 0 Å². The fraction of sp³-hybridized carbons (Fsp3) is 1.00. The molecule has 2 saturated carbocycles. The molecule has 0 heteroatoms. The summed E-state index contributed by atoms with van der Waals surface area (Å²) >= 11 is 0. The van der Waals surface area contributed by atoms with Crippen molar-refractivity contribution in [2.24, 2.45) is 52.8 Å². The average Bonchev–Trinajstić information content (AvgIpc) is 2.58. The first kappa shape index (κ1) is 22.3. The van der Waals surface area contributed by atoms with E-state index in [1.165, 1.54) is 57.8 Å². The molecule has 154 valence electrons. The van der Waals surface area contributed by atoms with Crippen LogP contribution in [0.2, 0.25) is 0 Å². The summed E-state index contributed by atoms with van der Waals surface area (Å²) in [7, 11) is 0. The minimum Gasteiger partial charge on any atom is -0.0654 e. The molecule has 26 heavy (non-hydrogen) atoms. The number of rotatable bonds is 7. The molecule has 6 unspecified atom stereocenters. The molecule has 0 radical (unpaired) electrons. The Morgan fingerprint density at radius 3 is 1.54 bits per heavy atom. The second-order valence-corrected chi connectivity index (χ2v) is 11.5. The molecule has 0 N–H and O–H groups in total. The third kappa shape index (κ3) is 4.88. The Morgan fingerprint density at radius 1 is 0.769 bits per heavy atom. The molecule has 6 atom stereocenters. The predicted molar refractivity (Wildman–Crippen MR) is 117 cm³/mol. The summed E-state index contributed by atoms with van der Waals surface area (Å²) in [5.41, 5.74) is 0.559.